The molecule has 0 bridgehead atoms. The van der Waals surface area contributed by atoms with Crippen LogP contribution in [0.25, 0.3) is 0 Å². The number of nitrogens with zero attached hydrogens (tertiary/aromatic N) is 1. The summed E-state index contributed by atoms with van der Waals surface area (Å²) in [6.07, 6.45) is 8.36. The van der Waals surface area contributed by atoms with Crippen molar-refractivity contribution in [3.05, 3.63) is 29.8 Å². The molecule has 1 saturated heterocycles. The van der Waals surface area contributed by atoms with Crippen LogP contribution >= 0.6 is 0 Å². The number of aliphatic hydroxyl groups excluding tert-OH is 1. The molecule has 1 aliphatic heterocycles. The van der Waals surface area contributed by atoms with Gasteiger partial charge in [0.05, 0.1) is 12.6 Å². The molecule has 0 spiro atoms. The Morgan fingerprint density at radius 2 is 1.43 bits per heavy atom. The molecule has 0 aliphatic carbocycles. The number of anilines is 1. The highest BCUT2D eigenvalue weighted by atomic mass is 16.3. The van der Waals surface area contributed by atoms with Gasteiger partial charge in [-0.25, -0.2) is 4.79 Å². The number of benzene rings is 1. The molecule has 13 nitrogen and oxygen atoms in total. The Morgan fingerprint density at radius 3 is 1.91 bits per heavy atom. The number of hydrogen-bond acceptors (Lipinski definition) is 8. The van der Waals surface area contributed by atoms with Crippen molar-refractivity contribution < 1.29 is 33.9 Å². The predicted octanol–water partition coefficient (Wildman–Crippen LogP) is 3.37. The van der Waals surface area contributed by atoms with Gasteiger partial charge in [-0.1, -0.05) is 59.1 Å². The van der Waals surface area contributed by atoms with Crippen molar-refractivity contribution in [2.45, 2.75) is 111 Å². The molecule has 0 aromatic heterocycles. The van der Waals surface area contributed by atoms with Crippen LogP contribution in [-0.2, 0) is 30.6 Å². The van der Waals surface area contributed by atoms with Gasteiger partial charge in [-0.05, 0) is 56.3 Å². The summed E-state index contributed by atoms with van der Waals surface area (Å²) in [4.78, 5) is 68.5. The van der Waals surface area contributed by atoms with Crippen LogP contribution in [0.1, 0.15) is 104 Å². The van der Waals surface area contributed by atoms with E-state index in [0.29, 0.717) is 70.1 Å². The SMILES string of the molecule is CC(C)C(C=O)NC(=O)CCCCCN1C(=O)CCC1=O.CCCC.CN.NC(=O)NCCCCC(=O)Nc1ccc(CO)cc1. The highest BCUT2D eigenvalue weighted by Gasteiger charge is 2.27. The second kappa shape index (κ2) is 28.6. The summed E-state index contributed by atoms with van der Waals surface area (Å²) in [5.74, 6) is -0.310. The first-order valence-corrected chi connectivity index (χ1v) is 16.2. The minimum absolute atomic E-state index is 0.0128. The number of carbonyl (C=O) groups is 6. The van der Waals surface area contributed by atoms with Gasteiger partial charge in [0.25, 0.3) is 0 Å². The zero-order chi connectivity index (χ0) is 35.3. The summed E-state index contributed by atoms with van der Waals surface area (Å²) in [7, 11) is 1.50. The van der Waals surface area contributed by atoms with Crippen LogP contribution in [0.4, 0.5) is 10.5 Å². The summed E-state index contributed by atoms with van der Waals surface area (Å²) in [5, 5.41) is 16.8. The molecule has 1 aromatic carbocycles. The maximum atomic E-state index is 11.7. The molecule has 1 aromatic rings. The predicted molar refractivity (Wildman–Crippen MR) is 180 cm³/mol. The van der Waals surface area contributed by atoms with Crippen LogP contribution in [-0.4, -0.2) is 72.1 Å². The first-order chi connectivity index (χ1) is 22.0. The fourth-order valence-electron chi connectivity index (χ4n) is 3.76. The lowest BCUT2D eigenvalue weighted by molar-refractivity contribution is -0.138. The first-order valence-electron chi connectivity index (χ1n) is 16.2. The minimum atomic E-state index is -0.548. The van der Waals surface area contributed by atoms with E-state index in [9.17, 15) is 28.8 Å². The molecule has 0 radical (unpaired) electrons. The number of rotatable bonds is 17. The van der Waals surface area contributed by atoms with E-state index in [1.807, 2.05) is 13.8 Å². The Kier molecular flexibility index (Phi) is 27.6. The lowest BCUT2D eigenvalue weighted by Crippen LogP contribution is -2.39. The molecule has 1 heterocycles. The Hall–Kier alpha value is -3.84. The average molecular weight is 651 g/mol. The van der Waals surface area contributed by atoms with Crippen molar-refractivity contribution in [3.63, 3.8) is 0 Å². The Bertz CT molecular complexity index is 1000. The number of amides is 6. The van der Waals surface area contributed by atoms with Crippen LogP contribution in [0.5, 0.6) is 0 Å². The van der Waals surface area contributed by atoms with E-state index < -0.39 is 12.1 Å². The van der Waals surface area contributed by atoms with E-state index in [1.54, 1.807) is 24.3 Å². The molecule has 8 N–H and O–H groups in total. The quantitative estimate of drug-likeness (QED) is 0.0833. The van der Waals surface area contributed by atoms with Crippen molar-refractivity contribution >= 4 is 41.6 Å². The van der Waals surface area contributed by atoms with Crippen molar-refractivity contribution in [1.29, 1.82) is 0 Å². The second-order valence-corrected chi connectivity index (χ2v) is 10.9. The summed E-state index contributed by atoms with van der Waals surface area (Å²) >= 11 is 0. The molecule has 46 heavy (non-hydrogen) atoms. The van der Waals surface area contributed by atoms with E-state index in [1.165, 1.54) is 24.8 Å². The Balaban J connectivity index is 0. The second-order valence-electron chi connectivity index (χ2n) is 10.9. The number of primary amides is 1. The van der Waals surface area contributed by atoms with Crippen LogP contribution in [0.2, 0.25) is 0 Å². The molecule has 2 rings (SSSR count). The number of imide groups is 1. The summed E-state index contributed by atoms with van der Waals surface area (Å²) < 4.78 is 0. The molecule has 1 atom stereocenters. The van der Waals surface area contributed by atoms with Gasteiger partial charge >= 0.3 is 6.03 Å². The molecular formula is C33H58N6O7. The van der Waals surface area contributed by atoms with E-state index in [0.717, 1.165) is 18.3 Å². The molecule has 6 amide bonds. The van der Waals surface area contributed by atoms with E-state index in [2.05, 4.69) is 35.5 Å². The first kappa shape index (κ1) is 44.3. The maximum Gasteiger partial charge on any atom is 0.312 e. The topological polar surface area (TPSA) is 214 Å². The zero-order valence-corrected chi connectivity index (χ0v) is 28.4. The molecule has 1 fully saturated rings. The van der Waals surface area contributed by atoms with Gasteiger partial charge in [-0.15, -0.1) is 0 Å². The van der Waals surface area contributed by atoms with Gasteiger partial charge in [0, 0.05) is 44.5 Å². The third kappa shape index (κ3) is 22.6. The normalized spacial score (nSPS) is 12.4. The standard InChI is InChI=1S/C15H24N2O4.C13H19N3O3.C4H10.CH5N/c1-11(2)12(10-18)16-13(19)6-4-3-5-9-17-14(20)7-8-15(17)21;14-13(19)15-8-2-1-3-12(18)16-11-6-4-10(9-17)5-7-11;1-3-4-2;1-2/h10-12H,3-9H2,1-2H3,(H,16,19);4-7,17H,1-3,8-9H2,(H,16,18)(H3,14,15,19);3-4H2,1-2H3;2H2,1H3. The number of unbranched alkanes of at least 4 members (excludes halogenated alkanes) is 4. The lowest BCUT2D eigenvalue weighted by atomic mass is 10.1. The average Bonchev–Trinajstić information content (AvgIpc) is 3.37. The number of aldehydes is 1. The maximum absolute atomic E-state index is 11.7. The minimum Gasteiger partial charge on any atom is -0.392 e. The lowest BCUT2D eigenvalue weighted by Gasteiger charge is -2.16. The number of aliphatic hydroxyl groups is 1. The van der Waals surface area contributed by atoms with Gasteiger partial charge in [-0.2, -0.15) is 0 Å². The van der Waals surface area contributed by atoms with Crippen molar-refractivity contribution in [2.75, 3.05) is 25.5 Å². The fourth-order valence-corrected chi connectivity index (χ4v) is 3.76. The van der Waals surface area contributed by atoms with E-state index >= 15 is 0 Å². The molecular weight excluding hydrogens is 592 g/mol. The molecule has 13 heteroatoms. The van der Waals surface area contributed by atoms with Crippen LogP contribution in [0.15, 0.2) is 24.3 Å². The molecule has 1 unspecified atom stereocenters. The fraction of sp³-hybridized carbons (Fsp3) is 0.636. The van der Waals surface area contributed by atoms with E-state index in [-0.39, 0.29) is 36.2 Å². The highest BCUT2D eigenvalue weighted by molar-refractivity contribution is 6.01. The van der Waals surface area contributed by atoms with Crippen molar-refractivity contribution in [1.82, 2.24) is 15.5 Å². The number of carbonyl (C=O) groups excluding carboxylic acids is 6. The number of urea groups is 1. The van der Waals surface area contributed by atoms with Gasteiger partial charge < -0.3 is 37.3 Å². The Labute approximate surface area is 274 Å². The monoisotopic (exact) mass is 650 g/mol. The summed E-state index contributed by atoms with van der Waals surface area (Å²) in [6.45, 7) is 9.03. The smallest absolute Gasteiger partial charge is 0.312 e. The van der Waals surface area contributed by atoms with Gasteiger partial charge in [0.2, 0.25) is 23.6 Å². The van der Waals surface area contributed by atoms with Gasteiger partial charge in [0.1, 0.15) is 6.29 Å². The number of nitrogens with two attached hydrogens (primary N) is 2. The zero-order valence-electron chi connectivity index (χ0n) is 28.4. The molecule has 1 aliphatic rings. The van der Waals surface area contributed by atoms with Gasteiger partial charge in [-0.3, -0.25) is 24.1 Å². The van der Waals surface area contributed by atoms with Crippen LogP contribution < -0.4 is 27.4 Å². The summed E-state index contributed by atoms with van der Waals surface area (Å²) in [5.41, 5.74) is 10.9. The van der Waals surface area contributed by atoms with Crippen LogP contribution in [0.3, 0.4) is 0 Å². The number of likely N-dealkylation sites (tertiary alicyclic amines) is 1. The van der Waals surface area contributed by atoms with E-state index in [4.69, 9.17) is 10.8 Å². The highest BCUT2D eigenvalue weighted by Crippen LogP contribution is 2.13. The third-order valence-electron chi connectivity index (χ3n) is 6.68. The Morgan fingerprint density at radius 1 is 0.891 bits per heavy atom. The van der Waals surface area contributed by atoms with Crippen LogP contribution in [0, 0.1) is 5.92 Å². The van der Waals surface area contributed by atoms with Crippen molar-refractivity contribution in [2.24, 2.45) is 17.4 Å². The number of nitrogens with one attached hydrogen (secondary N) is 3. The van der Waals surface area contributed by atoms with Gasteiger partial charge in [0.15, 0.2) is 0 Å². The van der Waals surface area contributed by atoms with Crippen molar-refractivity contribution in [3.8, 4) is 0 Å². The largest absolute Gasteiger partial charge is 0.392 e. The summed E-state index contributed by atoms with van der Waals surface area (Å²) in [6, 6.07) is 6.03. The molecule has 0 saturated carbocycles. The number of hydrogen-bond donors (Lipinski definition) is 6. The molecule has 262 valence electrons. The third-order valence-corrected chi connectivity index (χ3v) is 6.68.